The Balaban J connectivity index is 2.26. The van der Waals surface area contributed by atoms with Crippen LogP contribution in [-0.4, -0.2) is 4.92 Å². The van der Waals surface area contributed by atoms with Crippen LogP contribution in [0.25, 0.3) is 22.3 Å². The molecule has 0 unspecified atom stereocenters. The van der Waals surface area contributed by atoms with Gasteiger partial charge in [0.15, 0.2) is 0 Å². The van der Waals surface area contributed by atoms with E-state index in [1.54, 1.807) is 18.2 Å². The molecule has 0 saturated carbocycles. The van der Waals surface area contributed by atoms with Crippen molar-refractivity contribution < 1.29 is 4.92 Å². The molecule has 4 heteroatoms. The molecule has 0 aliphatic rings. The van der Waals surface area contributed by atoms with Gasteiger partial charge in [-0.3, -0.25) is 10.1 Å². The molecule has 0 bridgehead atoms. The molecule has 0 spiro atoms. The second-order valence-corrected chi connectivity index (χ2v) is 6.07. The minimum atomic E-state index is -0.426. The van der Waals surface area contributed by atoms with Gasteiger partial charge in [-0.2, -0.15) is 0 Å². The zero-order chi connectivity index (χ0) is 18.7. The molecule has 26 heavy (non-hydrogen) atoms. The summed E-state index contributed by atoms with van der Waals surface area (Å²) in [6, 6.07) is 17.7. The van der Waals surface area contributed by atoms with Gasteiger partial charge in [-0.1, -0.05) is 36.1 Å². The van der Waals surface area contributed by atoms with Crippen LogP contribution >= 0.6 is 12.6 Å². The van der Waals surface area contributed by atoms with Crippen molar-refractivity contribution in [2.45, 2.75) is 4.90 Å². The normalized spacial score (nSPS) is 9.96. The van der Waals surface area contributed by atoms with Crippen LogP contribution in [0.15, 0.2) is 65.6 Å². The standard InChI is InChI=1S/C22H13NO2S/c1-3-15-5-9-17(10-6-15)20-13-19(23(24)25)14-21(26)22(20)18-11-7-16(4-2)8-12-18/h1-2,5-14,26H. The maximum Gasteiger partial charge on any atom is 0.271 e. The van der Waals surface area contributed by atoms with Gasteiger partial charge in [0.05, 0.1) is 4.92 Å². The predicted octanol–water partition coefficient (Wildman–Crippen LogP) is 5.18. The number of nitro groups is 1. The first-order chi connectivity index (χ1) is 12.5. The van der Waals surface area contributed by atoms with Gasteiger partial charge in [0.2, 0.25) is 0 Å². The van der Waals surface area contributed by atoms with E-state index in [1.807, 2.05) is 36.4 Å². The van der Waals surface area contributed by atoms with Gasteiger partial charge < -0.3 is 0 Å². The highest BCUT2D eigenvalue weighted by Gasteiger charge is 2.17. The molecule has 3 aromatic carbocycles. The van der Waals surface area contributed by atoms with E-state index in [2.05, 4.69) is 24.5 Å². The minimum Gasteiger partial charge on any atom is -0.258 e. The fourth-order valence-electron chi connectivity index (χ4n) is 2.73. The summed E-state index contributed by atoms with van der Waals surface area (Å²) in [6.45, 7) is 0. The average Bonchev–Trinajstić information content (AvgIpc) is 2.67. The van der Waals surface area contributed by atoms with Crippen molar-refractivity contribution in [3.05, 3.63) is 81.9 Å². The number of rotatable bonds is 3. The van der Waals surface area contributed by atoms with Gasteiger partial charge in [-0.15, -0.1) is 25.5 Å². The van der Waals surface area contributed by atoms with E-state index in [4.69, 9.17) is 12.8 Å². The Kier molecular flexibility index (Phi) is 4.80. The van der Waals surface area contributed by atoms with Crippen molar-refractivity contribution in [2.75, 3.05) is 0 Å². The van der Waals surface area contributed by atoms with Crippen LogP contribution in [0, 0.1) is 34.8 Å². The van der Waals surface area contributed by atoms with Gasteiger partial charge in [0, 0.05) is 33.7 Å². The smallest absolute Gasteiger partial charge is 0.258 e. The Morgan fingerprint density at radius 3 is 1.81 bits per heavy atom. The maximum absolute atomic E-state index is 11.3. The monoisotopic (exact) mass is 355 g/mol. The van der Waals surface area contributed by atoms with Gasteiger partial charge in [-0.05, 0) is 41.0 Å². The summed E-state index contributed by atoms with van der Waals surface area (Å²) in [5.41, 5.74) is 4.69. The lowest BCUT2D eigenvalue weighted by Gasteiger charge is -2.13. The summed E-state index contributed by atoms with van der Waals surface area (Å²) in [6.07, 6.45) is 10.8. The fourth-order valence-corrected chi connectivity index (χ4v) is 3.11. The van der Waals surface area contributed by atoms with Gasteiger partial charge in [0.1, 0.15) is 0 Å². The predicted molar refractivity (Wildman–Crippen MR) is 107 cm³/mol. The molecule has 3 nitrogen and oxygen atoms in total. The summed E-state index contributed by atoms with van der Waals surface area (Å²) >= 11 is 4.50. The van der Waals surface area contributed by atoms with Gasteiger partial charge >= 0.3 is 0 Å². The van der Waals surface area contributed by atoms with E-state index < -0.39 is 4.92 Å². The van der Waals surface area contributed by atoms with Crippen molar-refractivity contribution >= 4 is 18.3 Å². The topological polar surface area (TPSA) is 43.1 Å². The van der Waals surface area contributed by atoms with E-state index in [0.29, 0.717) is 10.5 Å². The number of nitrogens with zero attached hydrogens (tertiary/aromatic N) is 1. The molecule has 0 heterocycles. The van der Waals surface area contributed by atoms with Crippen LogP contribution in [0.4, 0.5) is 5.69 Å². The molecule has 124 valence electrons. The Labute approximate surface area is 157 Å². The van der Waals surface area contributed by atoms with Gasteiger partial charge in [0.25, 0.3) is 5.69 Å². The summed E-state index contributed by atoms with van der Waals surface area (Å²) in [5.74, 6) is 5.14. The summed E-state index contributed by atoms with van der Waals surface area (Å²) in [4.78, 5) is 11.4. The lowest BCUT2D eigenvalue weighted by molar-refractivity contribution is -0.385. The first-order valence-corrected chi connectivity index (χ1v) is 8.13. The number of nitro benzene ring substituents is 1. The Morgan fingerprint density at radius 1 is 0.846 bits per heavy atom. The summed E-state index contributed by atoms with van der Waals surface area (Å²) in [7, 11) is 0. The van der Waals surface area contributed by atoms with E-state index in [-0.39, 0.29) is 5.69 Å². The third kappa shape index (κ3) is 3.32. The first-order valence-electron chi connectivity index (χ1n) is 7.69. The number of benzene rings is 3. The van der Waals surface area contributed by atoms with E-state index in [0.717, 1.165) is 27.8 Å². The molecule has 0 aromatic heterocycles. The molecule has 0 aliphatic carbocycles. The maximum atomic E-state index is 11.3. The SMILES string of the molecule is C#Cc1ccc(-c2cc([N+](=O)[O-])cc(S)c2-c2ccc(C#C)cc2)cc1. The van der Waals surface area contributed by atoms with E-state index in [9.17, 15) is 10.1 Å². The van der Waals surface area contributed by atoms with Crippen LogP contribution < -0.4 is 0 Å². The highest BCUT2D eigenvalue weighted by molar-refractivity contribution is 7.80. The van der Waals surface area contributed by atoms with Crippen LogP contribution in [0.5, 0.6) is 0 Å². The van der Waals surface area contributed by atoms with Crippen molar-refractivity contribution in [1.82, 2.24) is 0 Å². The average molecular weight is 355 g/mol. The van der Waals surface area contributed by atoms with Crippen LogP contribution in [0.2, 0.25) is 0 Å². The zero-order valence-electron chi connectivity index (χ0n) is 13.6. The molecule has 3 aromatic rings. The van der Waals surface area contributed by atoms with E-state index >= 15 is 0 Å². The van der Waals surface area contributed by atoms with E-state index in [1.165, 1.54) is 6.07 Å². The lowest BCUT2D eigenvalue weighted by Crippen LogP contribution is -1.94. The van der Waals surface area contributed by atoms with Crippen molar-refractivity contribution in [3.63, 3.8) is 0 Å². The zero-order valence-corrected chi connectivity index (χ0v) is 14.5. The molecule has 0 saturated heterocycles. The largest absolute Gasteiger partial charge is 0.271 e. The molecule has 0 radical (unpaired) electrons. The number of hydrogen-bond acceptors (Lipinski definition) is 3. The number of hydrogen-bond donors (Lipinski definition) is 1. The molecule has 0 N–H and O–H groups in total. The quantitative estimate of drug-likeness (QED) is 0.304. The second-order valence-electron chi connectivity index (χ2n) is 5.59. The third-order valence-corrected chi connectivity index (χ3v) is 4.37. The Hall–Kier alpha value is -3.47. The summed E-state index contributed by atoms with van der Waals surface area (Å²) in [5, 5.41) is 11.3. The van der Waals surface area contributed by atoms with Crippen molar-refractivity contribution in [3.8, 4) is 46.9 Å². The molecule has 0 aliphatic heterocycles. The molecular weight excluding hydrogens is 342 g/mol. The minimum absolute atomic E-state index is 0.0185. The van der Waals surface area contributed by atoms with Crippen LogP contribution in [-0.2, 0) is 0 Å². The van der Waals surface area contributed by atoms with Crippen molar-refractivity contribution in [2.24, 2.45) is 0 Å². The molecule has 3 rings (SSSR count). The first kappa shape index (κ1) is 17.4. The Morgan fingerprint density at radius 2 is 1.35 bits per heavy atom. The lowest BCUT2D eigenvalue weighted by atomic mass is 9.93. The number of thiol groups is 1. The fraction of sp³-hybridized carbons (Fsp3) is 0. The summed E-state index contributed by atoms with van der Waals surface area (Å²) < 4.78 is 0. The van der Waals surface area contributed by atoms with Gasteiger partial charge in [-0.25, -0.2) is 0 Å². The third-order valence-electron chi connectivity index (χ3n) is 4.02. The van der Waals surface area contributed by atoms with Crippen molar-refractivity contribution in [1.29, 1.82) is 0 Å². The van der Waals surface area contributed by atoms with Crippen LogP contribution in [0.1, 0.15) is 11.1 Å². The highest BCUT2D eigenvalue weighted by atomic mass is 32.1. The number of terminal acetylenes is 2. The van der Waals surface area contributed by atoms with Crippen LogP contribution in [0.3, 0.4) is 0 Å². The molecule has 0 fully saturated rings. The Bertz CT molecular complexity index is 1070. The molecular formula is C22H13NO2S. The second kappa shape index (κ2) is 7.19. The molecule has 0 atom stereocenters. The highest BCUT2D eigenvalue weighted by Crippen LogP contribution is 2.39. The molecule has 0 amide bonds. The number of non-ortho nitro benzene ring substituents is 1.